The van der Waals surface area contributed by atoms with Gasteiger partial charge in [0.15, 0.2) is 0 Å². The molecule has 5 nitrogen and oxygen atoms in total. The van der Waals surface area contributed by atoms with Gasteiger partial charge in [0.2, 0.25) is 0 Å². The van der Waals surface area contributed by atoms with Crippen molar-refractivity contribution in [1.29, 1.82) is 0 Å². The molecule has 0 bridgehead atoms. The van der Waals surface area contributed by atoms with E-state index < -0.39 is 11.9 Å². The van der Waals surface area contributed by atoms with E-state index in [2.05, 4.69) is 4.98 Å². The number of nitrogens with zero attached hydrogens (tertiary/aromatic N) is 2. The van der Waals surface area contributed by atoms with Gasteiger partial charge in [-0.05, 0) is 25.0 Å². The first-order chi connectivity index (χ1) is 8.99. The molecule has 0 aliphatic carbocycles. The molecule has 7 heteroatoms. The van der Waals surface area contributed by atoms with Crippen LogP contribution in [0.3, 0.4) is 0 Å². The zero-order valence-corrected chi connectivity index (χ0v) is 11.5. The lowest BCUT2D eigenvalue weighted by molar-refractivity contribution is -0.143. The van der Waals surface area contributed by atoms with Gasteiger partial charge in [0.1, 0.15) is 10.3 Å². The van der Waals surface area contributed by atoms with Crippen LogP contribution in [0.15, 0.2) is 12.1 Å². The standard InChI is InChI=1S/C12H12Cl2N2O3/c13-9-4-3-8(10(14)15-9)11(17)16-5-1-2-7(6-16)12(18)19/h3-4,7H,1-2,5-6H2,(H,18,19)/t7-/m1/s1. The molecule has 1 atom stereocenters. The Balaban J connectivity index is 2.17. The Morgan fingerprint density at radius 3 is 2.74 bits per heavy atom. The number of carboxylic acid groups (broad SMARTS) is 1. The third-order valence-electron chi connectivity index (χ3n) is 3.10. The van der Waals surface area contributed by atoms with Gasteiger partial charge < -0.3 is 10.0 Å². The zero-order chi connectivity index (χ0) is 14.0. The Morgan fingerprint density at radius 1 is 1.37 bits per heavy atom. The van der Waals surface area contributed by atoms with E-state index in [1.165, 1.54) is 17.0 Å². The molecule has 0 radical (unpaired) electrons. The van der Waals surface area contributed by atoms with Crippen molar-refractivity contribution in [2.45, 2.75) is 12.8 Å². The molecule has 19 heavy (non-hydrogen) atoms. The molecule has 0 saturated carbocycles. The predicted octanol–water partition coefficient (Wildman–Crippen LogP) is 2.33. The number of rotatable bonds is 2. The molecule has 2 heterocycles. The van der Waals surface area contributed by atoms with Crippen LogP contribution in [-0.4, -0.2) is 40.0 Å². The molecule has 0 spiro atoms. The Kier molecular flexibility index (Phi) is 4.27. The summed E-state index contributed by atoms with van der Waals surface area (Å²) in [7, 11) is 0. The van der Waals surface area contributed by atoms with Gasteiger partial charge in [-0.3, -0.25) is 9.59 Å². The Hall–Kier alpha value is -1.33. The summed E-state index contributed by atoms with van der Waals surface area (Å²) in [4.78, 5) is 28.6. The predicted molar refractivity (Wildman–Crippen MR) is 70.5 cm³/mol. The quantitative estimate of drug-likeness (QED) is 0.851. The Morgan fingerprint density at radius 2 is 2.11 bits per heavy atom. The lowest BCUT2D eigenvalue weighted by Gasteiger charge is -2.30. The molecule has 1 aromatic heterocycles. The molecule has 0 unspecified atom stereocenters. The summed E-state index contributed by atoms with van der Waals surface area (Å²) in [5, 5.41) is 9.25. The molecule has 1 aromatic rings. The van der Waals surface area contributed by atoms with E-state index >= 15 is 0 Å². The summed E-state index contributed by atoms with van der Waals surface area (Å²) in [5.41, 5.74) is 0.247. The maximum atomic E-state index is 12.3. The summed E-state index contributed by atoms with van der Waals surface area (Å²) >= 11 is 11.6. The number of likely N-dealkylation sites (tertiary alicyclic amines) is 1. The number of hydrogen-bond acceptors (Lipinski definition) is 3. The summed E-state index contributed by atoms with van der Waals surface area (Å²) in [6.45, 7) is 0.731. The smallest absolute Gasteiger partial charge is 0.308 e. The molecule has 1 N–H and O–H groups in total. The van der Waals surface area contributed by atoms with E-state index in [0.29, 0.717) is 19.4 Å². The SMILES string of the molecule is O=C(O)[C@@H]1CCCN(C(=O)c2ccc(Cl)nc2Cl)C1. The highest BCUT2D eigenvalue weighted by Crippen LogP contribution is 2.22. The number of carbonyl (C=O) groups is 2. The summed E-state index contributed by atoms with van der Waals surface area (Å²) in [5.74, 6) is -1.70. The first-order valence-corrected chi connectivity index (χ1v) is 6.58. The molecular formula is C12H12Cl2N2O3. The second-order valence-electron chi connectivity index (χ2n) is 4.40. The van der Waals surface area contributed by atoms with Crippen LogP contribution in [0.4, 0.5) is 0 Å². The fraction of sp³-hybridized carbons (Fsp3) is 0.417. The number of hydrogen-bond donors (Lipinski definition) is 1. The van der Waals surface area contributed by atoms with Crippen LogP contribution in [0.2, 0.25) is 10.3 Å². The van der Waals surface area contributed by atoms with Gasteiger partial charge in [-0.15, -0.1) is 0 Å². The zero-order valence-electron chi connectivity index (χ0n) is 9.97. The number of piperidine rings is 1. The van der Waals surface area contributed by atoms with Crippen molar-refractivity contribution in [3.8, 4) is 0 Å². The van der Waals surface area contributed by atoms with Crippen molar-refractivity contribution in [2.24, 2.45) is 5.92 Å². The van der Waals surface area contributed by atoms with Crippen LogP contribution >= 0.6 is 23.2 Å². The molecule has 1 amide bonds. The first kappa shape index (κ1) is 14.1. The van der Waals surface area contributed by atoms with Crippen molar-refractivity contribution in [2.75, 3.05) is 13.1 Å². The monoisotopic (exact) mass is 302 g/mol. The minimum absolute atomic E-state index is 0.0370. The van der Waals surface area contributed by atoms with E-state index in [-0.39, 0.29) is 28.3 Å². The molecule has 1 fully saturated rings. The van der Waals surface area contributed by atoms with Crippen molar-refractivity contribution in [1.82, 2.24) is 9.88 Å². The normalized spacial score (nSPS) is 19.3. The van der Waals surface area contributed by atoms with Crippen molar-refractivity contribution >= 4 is 35.1 Å². The average molecular weight is 303 g/mol. The van der Waals surface area contributed by atoms with Gasteiger partial charge in [-0.2, -0.15) is 0 Å². The highest BCUT2D eigenvalue weighted by atomic mass is 35.5. The van der Waals surface area contributed by atoms with Gasteiger partial charge in [-0.1, -0.05) is 23.2 Å². The van der Waals surface area contributed by atoms with E-state index in [9.17, 15) is 9.59 Å². The highest BCUT2D eigenvalue weighted by molar-refractivity contribution is 6.34. The van der Waals surface area contributed by atoms with E-state index in [1.54, 1.807) is 0 Å². The van der Waals surface area contributed by atoms with Crippen LogP contribution in [0.1, 0.15) is 23.2 Å². The Bertz CT molecular complexity index is 522. The van der Waals surface area contributed by atoms with Crippen LogP contribution in [-0.2, 0) is 4.79 Å². The third kappa shape index (κ3) is 3.16. The van der Waals surface area contributed by atoms with Crippen molar-refractivity contribution in [3.63, 3.8) is 0 Å². The van der Waals surface area contributed by atoms with Crippen molar-refractivity contribution in [3.05, 3.63) is 28.0 Å². The third-order valence-corrected chi connectivity index (χ3v) is 3.60. The minimum Gasteiger partial charge on any atom is -0.481 e. The fourth-order valence-corrected chi connectivity index (χ4v) is 2.53. The topological polar surface area (TPSA) is 70.5 Å². The molecule has 1 aliphatic rings. The van der Waals surface area contributed by atoms with E-state index in [1.807, 2.05) is 0 Å². The molecule has 102 valence electrons. The molecule has 2 rings (SSSR count). The number of amides is 1. The number of aliphatic carboxylic acids is 1. The van der Waals surface area contributed by atoms with E-state index in [0.717, 1.165) is 0 Å². The van der Waals surface area contributed by atoms with Gasteiger partial charge >= 0.3 is 5.97 Å². The molecule has 1 saturated heterocycles. The van der Waals surface area contributed by atoms with Crippen LogP contribution in [0.5, 0.6) is 0 Å². The number of halogens is 2. The second kappa shape index (κ2) is 5.75. The fourth-order valence-electron chi connectivity index (χ4n) is 2.11. The van der Waals surface area contributed by atoms with Crippen molar-refractivity contribution < 1.29 is 14.7 Å². The number of aromatic nitrogens is 1. The molecule has 1 aliphatic heterocycles. The molecular weight excluding hydrogens is 291 g/mol. The average Bonchev–Trinajstić information content (AvgIpc) is 2.38. The summed E-state index contributed by atoms with van der Waals surface area (Å²) in [6, 6.07) is 2.99. The number of carbonyl (C=O) groups excluding carboxylic acids is 1. The Labute approximate surface area is 120 Å². The largest absolute Gasteiger partial charge is 0.481 e. The van der Waals surface area contributed by atoms with Gasteiger partial charge in [0, 0.05) is 13.1 Å². The highest BCUT2D eigenvalue weighted by Gasteiger charge is 2.29. The maximum Gasteiger partial charge on any atom is 0.308 e. The molecule has 0 aromatic carbocycles. The number of pyridine rings is 1. The minimum atomic E-state index is -0.877. The first-order valence-electron chi connectivity index (χ1n) is 5.83. The van der Waals surface area contributed by atoms with Crippen LogP contribution < -0.4 is 0 Å². The second-order valence-corrected chi connectivity index (χ2v) is 5.15. The van der Waals surface area contributed by atoms with Gasteiger partial charge in [0.25, 0.3) is 5.91 Å². The lowest BCUT2D eigenvalue weighted by atomic mass is 9.98. The van der Waals surface area contributed by atoms with Gasteiger partial charge in [0.05, 0.1) is 11.5 Å². The van der Waals surface area contributed by atoms with E-state index in [4.69, 9.17) is 28.3 Å². The number of carboxylic acids is 1. The summed E-state index contributed by atoms with van der Waals surface area (Å²) < 4.78 is 0. The lowest BCUT2D eigenvalue weighted by Crippen LogP contribution is -2.42. The van der Waals surface area contributed by atoms with Crippen LogP contribution in [0.25, 0.3) is 0 Å². The summed E-state index contributed by atoms with van der Waals surface area (Å²) in [6.07, 6.45) is 1.26. The van der Waals surface area contributed by atoms with Crippen LogP contribution in [0, 0.1) is 5.92 Å². The maximum absolute atomic E-state index is 12.3. The van der Waals surface area contributed by atoms with Gasteiger partial charge in [-0.25, -0.2) is 4.98 Å².